The van der Waals surface area contributed by atoms with Crippen LogP contribution in [0.4, 0.5) is 13.2 Å². The van der Waals surface area contributed by atoms with Gasteiger partial charge in [0.1, 0.15) is 5.75 Å². The fourth-order valence-corrected chi connectivity index (χ4v) is 4.23. The van der Waals surface area contributed by atoms with Crippen molar-refractivity contribution in [3.05, 3.63) is 58.6 Å². The Kier molecular flexibility index (Phi) is 7.44. The summed E-state index contributed by atoms with van der Waals surface area (Å²) in [6.07, 6.45) is -5.03. The molecule has 11 heteroatoms. The molecular weight excluding hydrogens is 465 g/mol. The number of alkyl halides is 3. The summed E-state index contributed by atoms with van der Waals surface area (Å²) in [7, 11) is -3.80. The molecule has 0 atom stereocenters. The van der Waals surface area contributed by atoms with Gasteiger partial charge in [0, 0.05) is 29.5 Å². The SMILES string of the molecule is O=C(CCNS(=O)(=O)c1ccccc1Br)NCc1ccccc1OC(F)(F)F. The lowest BCUT2D eigenvalue weighted by atomic mass is 10.2. The number of rotatable bonds is 8. The third-order valence-corrected chi connectivity index (χ3v) is 5.92. The maximum absolute atomic E-state index is 12.4. The molecule has 2 N–H and O–H groups in total. The van der Waals surface area contributed by atoms with Crippen LogP contribution in [0.3, 0.4) is 0 Å². The summed E-state index contributed by atoms with van der Waals surface area (Å²) in [4.78, 5) is 11.9. The Morgan fingerprint density at radius 1 is 1.07 bits per heavy atom. The fourth-order valence-electron chi connectivity index (χ4n) is 2.20. The average molecular weight is 481 g/mol. The molecule has 2 rings (SSSR count). The maximum Gasteiger partial charge on any atom is 0.573 e. The number of hydrogen-bond donors (Lipinski definition) is 2. The zero-order chi connectivity index (χ0) is 20.8. The molecule has 2 aromatic carbocycles. The Bertz CT molecular complexity index is 936. The smallest absolute Gasteiger partial charge is 0.405 e. The van der Waals surface area contributed by atoms with Crippen LogP contribution in [-0.4, -0.2) is 27.2 Å². The molecule has 0 bridgehead atoms. The fraction of sp³-hybridized carbons (Fsp3) is 0.235. The van der Waals surface area contributed by atoms with Gasteiger partial charge in [-0.3, -0.25) is 4.79 Å². The van der Waals surface area contributed by atoms with Gasteiger partial charge in [0.05, 0.1) is 4.90 Å². The van der Waals surface area contributed by atoms with Gasteiger partial charge < -0.3 is 10.1 Å². The van der Waals surface area contributed by atoms with Gasteiger partial charge in [0.15, 0.2) is 0 Å². The van der Waals surface area contributed by atoms with E-state index in [0.29, 0.717) is 4.47 Å². The van der Waals surface area contributed by atoms with Gasteiger partial charge in [-0.25, -0.2) is 13.1 Å². The molecule has 152 valence electrons. The predicted molar refractivity (Wildman–Crippen MR) is 98.9 cm³/mol. The third kappa shape index (κ3) is 6.80. The quantitative estimate of drug-likeness (QED) is 0.606. The number of amides is 1. The van der Waals surface area contributed by atoms with Crippen LogP contribution in [0.5, 0.6) is 5.75 Å². The Labute approximate surface area is 168 Å². The summed E-state index contributed by atoms with van der Waals surface area (Å²) in [5.41, 5.74) is 0.141. The van der Waals surface area contributed by atoms with E-state index in [2.05, 4.69) is 30.7 Å². The van der Waals surface area contributed by atoms with E-state index in [1.54, 1.807) is 18.2 Å². The largest absolute Gasteiger partial charge is 0.573 e. The van der Waals surface area contributed by atoms with Gasteiger partial charge in [-0.1, -0.05) is 30.3 Å². The van der Waals surface area contributed by atoms with E-state index in [-0.39, 0.29) is 30.0 Å². The van der Waals surface area contributed by atoms with E-state index >= 15 is 0 Å². The summed E-state index contributed by atoms with van der Waals surface area (Å²) in [5.74, 6) is -0.943. The summed E-state index contributed by atoms with van der Waals surface area (Å²) in [5, 5.41) is 2.43. The summed E-state index contributed by atoms with van der Waals surface area (Å²) in [6.45, 7) is -0.363. The van der Waals surface area contributed by atoms with Crippen molar-refractivity contribution in [1.29, 1.82) is 0 Å². The second-order valence-electron chi connectivity index (χ2n) is 5.51. The number of ether oxygens (including phenoxy) is 1. The highest BCUT2D eigenvalue weighted by molar-refractivity contribution is 9.10. The second kappa shape index (κ2) is 9.39. The average Bonchev–Trinajstić information content (AvgIpc) is 2.60. The number of para-hydroxylation sites is 1. The van der Waals surface area contributed by atoms with Crippen LogP contribution < -0.4 is 14.8 Å². The Balaban J connectivity index is 1.87. The van der Waals surface area contributed by atoms with Gasteiger partial charge in [0.25, 0.3) is 0 Å². The molecule has 0 spiro atoms. The van der Waals surface area contributed by atoms with Crippen molar-refractivity contribution in [3.8, 4) is 5.75 Å². The number of halogens is 4. The van der Waals surface area contributed by atoms with Crippen LogP contribution in [-0.2, 0) is 21.4 Å². The summed E-state index contributed by atoms with van der Waals surface area (Å²) >= 11 is 3.14. The van der Waals surface area contributed by atoms with Crippen LogP contribution >= 0.6 is 15.9 Å². The number of sulfonamides is 1. The molecule has 0 aliphatic rings. The Hall–Kier alpha value is -2.11. The van der Waals surface area contributed by atoms with E-state index in [1.807, 2.05) is 0 Å². The molecule has 28 heavy (non-hydrogen) atoms. The van der Waals surface area contributed by atoms with Gasteiger partial charge in [0.2, 0.25) is 15.9 Å². The van der Waals surface area contributed by atoms with Crippen molar-refractivity contribution in [2.45, 2.75) is 24.2 Å². The molecule has 0 fully saturated rings. The van der Waals surface area contributed by atoms with Crippen molar-refractivity contribution in [1.82, 2.24) is 10.0 Å². The van der Waals surface area contributed by atoms with E-state index in [0.717, 1.165) is 6.07 Å². The van der Waals surface area contributed by atoms with Crippen molar-refractivity contribution in [3.63, 3.8) is 0 Å². The molecule has 1 amide bonds. The lowest BCUT2D eigenvalue weighted by molar-refractivity contribution is -0.274. The van der Waals surface area contributed by atoms with Crippen molar-refractivity contribution >= 4 is 31.9 Å². The topological polar surface area (TPSA) is 84.5 Å². The standard InChI is InChI=1S/C17H16BrF3N2O4S/c18-13-6-2-4-8-15(13)28(25,26)23-10-9-16(24)22-11-12-5-1-3-7-14(12)27-17(19,20)21/h1-8,23H,9-11H2,(H,22,24). The number of carbonyl (C=O) groups is 1. The van der Waals surface area contributed by atoms with Crippen molar-refractivity contribution < 1.29 is 31.1 Å². The third-order valence-electron chi connectivity index (χ3n) is 3.44. The number of nitrogens with one attached hydrogen (secondary N) is 2. The van der Waals surface area contributed by atoms with Gasteiger partial charge in [-0.15, -0.1) is 13.2 Å². The minimum absolute atomic E-state index is 0.0358. The van der Waals surface area contributed by atoms with E-state index in [1.165, 1.54) is 24.3 Å². The molecule has 0 saturated carbocycles. The van der Waals surface area contributed by atoms with E-state index in [4.69, 9.17) is 0 Å². The lowest BCUT2D eigenvalue weighted by Crippen LogP contribution is -2.31. The lowest BCUT2D eigenvalue weighted by Gasteiger charge is -2.13. The van der Waals surface area contributed by atoms with Gasteiger partial charge >= 0.3 is 6.36 Å². The molecule has 0 unspecified atom stereocenters. The predicted octanol–water partition coefficient (Wildman–Crippen LogP) is 3.33. The summed E-state index contributed by atoms with van der Waals surface area (Å²) < 4.78 is 68.1. The molecule has 0 aliphatic heterocycles. The highest BCUT2D eigenvalue weighted by Crippen LogP contribution is 2.26. The van der Waals surface area contributed by atoms with E-state index < -0.39 is 28.0 Å². The molecule has 6 nitrogen and oxygen atoms in total. The number of hydrogen-bond acceptors (Lipinski definition) is 4. The normalized spacial score (nSPS) is 11.9. The first-order valence-electron chi connectivity index (χ1n) is 7.93. The van der Waals surface area contributed by atoms with Crippen LogP contribution in [0.25, 0.3) is 0 Å². The minimum atomic E-state index is -4.84. The zero-order valence-electron chi connectivity index (χ0n) is 14.3. The number of carbonyl (C=O) groups excluding carboxylic acids is 1. The van der Waals surface area contributed by atoms with Crippen LogP contribution in [0.15, 0.2) is 57.9 Å². The Morgan fingerprint density at radius 2 is 1.71 bits per heavy atom. The molecule has 2 aromatic rings. The zero-order valence-corrected chi connectivity index (χ0v) is 16.7. The van der Waals surface area contributed by atoms with Crippen molar-refractivity contribution in [2.24, 2.45) is 0 Å². The summed E-state index contributed by atoms with van der Waals surface area (Å²) in [6, 6.07) is 11.6. The second-order valence-corrected chi connectivity index (χ2v) is 8.10. The van der Waals surface area contributed by atoms with Gasteiger partial charge in [-0.05, 0) is 34.1 Å². The van der Waals surface area contributed by atoms with Crippen LogP contribution in [0.2, 0.25) is 0 Å². The highest BCUT2D eigenvalue weighted by Gasteiger charge is 2.32. The van der Waals surface area contributed by atoms with Crippen LogP contribution in [0, 0.1) is 0 Å². The monoisotopic (exact) mass is 480 g/mol. The minimum Gasteiger partial charge on any atom is -0.405 e. The van der Waals surface area contributed by atoms with E-state index in [9.17, 15) is 26.4 Å². The molecule has 0 heterocycles. The molecule has 0 radical (unpaired) electrons. The number of benzene rings is 2. The first-order valence-corrected chi connectivity index (χ1v) is 10.2. The molecular formula is C17H16BrF3N2O4S. The van der Waals surface area contributed by atoms with Crippen molar-refractivity contribution in [2.75, 3.05) is 6.54 Å². The van der Waals surface area contributed by atoms with Gasteiger partial charge in [-0.2, -0.15) is 0 Å². The first kappa shape index (κ1) is 22.2. The highest BCUT2D eigenvalue weighted by atomic mass is 79.9. The molecule has 0 aromatic heterocycles. The maximum atomic E-state index is 12.4. The molecule has 0 aliphatic carbocycles. The Morgan fingerprint density at radius 3 is 2.39 bits per heavy atom. The van der Waals surface area contributed by atoms with Crippen LogP contribution in [0.1, 0.15) is 12.0 Å². The molecule has 0 saturated heterocycles. The first-order chi connectivity index (χ1) is 13.1.